The van der Waals surface area contributed by atoms with E-state index >= 15 is 0 Å². The predicted octanol–water partition coefficient (Wildman–Crippen LogP) is 2.35. The molecule has 0 radical (unpaired) electrons. The van der Waals surface area contributed by atoms with Gasteiger partial charge in [-0.1, -0.05) is 6.07 Å². The van der Waals surface area contributed by atoms with Crippen molar-refractivity contribution in [3.63, 3.8) is 0 Å². The molecule has 2 fully saturated rings. The van der Waals surface area contributed by atoms with E-state index in [1.54, 1.807) is 11.3 Å². The fourth-order valence-corrected chi connectivity index (χ4v) is 4.63. The highest BCUT2D eigenvalue weighted by molar-refractivity contribution is 7.09. The molecule has 150 valence electrons. The van der Waals surface area contributed by atoms with E-state index < -0.39 is 0 Å². The summed E-state index contributed by atoms with van der Waals surface area (Å²) < 4.78 is 13.1. The molecule has 0 bridgehead atoms. The lowest BCUT2D eigenvalue weighted by Crippen LogP contribution is -2.53. The van der Waals surface area contributed by atoms with E-state index in [1.165, 1.54) is 17.0 Å². The molecule has 4 rings (SSSR count). The van der Waals surface area contributed by atoms with Gasteiger partial charge in [-0.3, -0.25) is 14.6 Å². The Bertz CT molecular complexity index is 751. The van der Waals surface area contributed by atoms with Crippen molar-refractivity contribution < 1.29 is 9.18 Å². The lowest BCUT2D eigenvalue weighted by atomic mass is 10.2. The Hall–Kier alpha value is -1.96. The number of hydrogen-bond donors (Lipinski definition) is 0. The van der Waals surface area contributed by atoms with Crippen molar-refractivity contribution in [1.29, 1.82) is 0 Å². The van der Waals surface area contributed by atoms with Crippen LogP contribution >= 0.6 is 11.3 Å². The molecular formula is C21H27FN4OS. The highest BCUT2D eigenvalue weighted by atomic mass is 32.1. The minimum atomic E-state index is -0.205. The molecule has 7 heteroatoms. The molecule has 0 spiro atoms. The van der Waals surface area contributed by atoms with E-state index in [1.807, 2.05) is 17.0 Å². The Morgan fingerprint density at radius 1 is 0.893 bits per heavy atom. The fraction of sp³-hybridized carbons (Fsp3) is 0.476. The van der Waals surface area contributed by atoms with Gasteiger partial charge < -0.3 is 9.80 Å². The van der Waals surface area contributed by atoms with Gasteiger partial charge in [0, 0.05) is 69.5 Å². The molecular weight excluding hydrogens is 375 g/mol. The Morgan fingerprint density at radius 3 is 2.21 bits per heavy atom. The van der Waals surface area contributed by atoms with Crippen LogP contribution in [0.25, 0.3) is 0 Å². The third-order valence-corrected chi connectivity index (χ3v) is 6.47. The van der Waals surface area contributed by atoms with Gasteiger partial charge in [0.15, 0.2) is 0 Å². The van der Waals surface area contributed by atoms with Crippen LogP contribution in [0.2, 0.25) is 0 Å². The second kappa shape index (κ2) is 9.03. The third kappa shape index (κ3) is 4.90. The number of halogens is 1. The third-order valence-electron chi connectivity index (χ3n) is 5.61. The van der Waals surface area contributed by atoms with Gasteiger partial charge in [0.25, 0.3) is 0 Å². The Kier molecular flexibility index (Phi) is 6.24. The average Bonchev–Trinajstić information content (AvgIpc) is 3.23. The predicted molar refractivity (Wildman–Crippen MR) is 111 cm³/mol. The molecule has 0 unspecified atom stereocenters. The van der Waals surface area contributed by atoms with Gasteiger partial charge in [-0.05, 0) is 35.7 Å². The van der Waals surface area contributed by atoms with Gasteiger partial charge in [-0.15, -0.1) is 11.3 Å². The monoisotopic (exact) mass is 402 g/mol. The maximum Gasteiger partial charge on any atom is 0.236 e. The number of benzene rings is 1. The van der Waals surface area contributed by atoms with Crippen molar-refractivity contribution in [1.82, 2.24) is 14.7 Å². The summed E-state index contributed by atoms with van der Waals surface area (Å²) in [6.45, 7) is 8.49. The lowest BCUT2D eigenvalue weighted by Gasteiger charge is -2.38. The minimum Gasteiger partial charge on any atom is -0.369 e. The molecule has 0 N–H and O–H groups in total. The zero-order valence-corrected chi connectivity index (χ0v) is 16.9. The largest absolute Gasteiger partial charge is 0.369 e. The van der Waals surface area contributed by atoms with Crippen LogP contribution in [-0.2, 0) is 11.3 Å². The van der Waals surface area contributed by atoms with Gasteiger partial charge in [0.05, 0.1) is 6.54 Å². The number of rotatable bonds is 5. The summed E-state index contributed by atoms with van der Waals surface area (Å²) in [4.78, 5) is 23.0. The summed E-state index contributed by atoms with van der Waals surface area (Å²) in [6.07, 6.45) is 0. The van der Waals surface area contributed by atoms with Crippen molar-refractivity contribution in [2.24, 2.45) is 0 Å². The number of nitrogens with zero attached hydrogens (tertiary/aromatic N) is 4. The van der Waals surface area contributed by atoms with Gasteiger partial charge in [0.2, 0.25) is 5.91 Å². The number of hydrogen-bond acceptors (Lipinski definition) is 5. The Labute approximate surface area is 169 Å². The van der Waals surface area contributed by atoms with Crippen molar-refractivity contribution in [2.45, 2.75) is 6.54 Å². The van der Waals surface area contributed by atoms with E-state index in [-0.39, 0.29) is 11.7 Å². The molecule has 0 saturated carbocycles. The lowest BCUT2D eigenvalue weighted by molar-refractivity contribution is -0.134. The number of carbonyl (C=O) groups excluding carboxylic acids is 1. The van der Waals surface area contributed by atoms with E-state index in [0.29, 0.717) is 6.54 Å². The first-order valence-corrected chi connectivity index (χ1v) is 10.8. The molecule has 5 nitrogen and oxygen atoms in total. The van der Waals surface area contributed by atoms with Crippen LogP contribution in [-0.4, -0.2) is 79.5 Å². The van der Waals surface area contributed by atoms with Crippen LogP contribution in [0.15, 0.2) is 41.8 Å². The maximum atomic E-state index is 13.1. The molecule has 3 heterocycles. The summed E-state index contributed by atoms with van der Waals surface area (Å²) >= 11 is 1.79. The smallest absolute Gasteiger partial charge is 0.236 e. The fourth-order valence-electron chi connectivity index (χ4n) is 3.89. The number of anilines is 1. The van der Waals surface area contributed by atoms with Gasteiger partial charge in [-0.2, -0.15) is 0 Å². The second-order valence-electron chi connectivity index (χ2n) is 7.48. The zero-order valence-electron chi connectivity index (χ0n) is 16.1. The highest BCUT2D eigenvalue weighted by Gasteiger charge is 2.25. The number of piperazine rings is 2. The summed E-state index contributed by atoms with van der Waals surface area (Å²) in [5.41, 5.74) is 1.05. The first kappa shape index (κ1) is 19.4. The van der Waals surface area contributed by atoms with Crippen LogP contribution in [0, 0.1) is 5.82 Å². The quantitative estimate of drug-likeness (QED) is 0.768. The van der Waals surface area contributed by atoms with Crippen molar-refractivity contribution in [2.75, 3.05) is 63.8 Å². The van der Waals surface area contributed by atoms with Crippen LogP contribution in [0.3, 0.4) is 0 Å². The van der Waals surface area contributed by atoms with Gasteiger partial charge in [0.1, 0.15) is 5.82 Å². The normalized spacial score (nSPS) is 19.2. The Balaban J connectivity index is 1.19. The summed E-state index contributed by atoms with van der Waals surface area (Å²) in [7, 11) is 0. The molecule has 2 aliphatic heterocycles. The summed E-state index contributed by atoms with van der Waals surface area (Å²) in [5, 5.41) is 2.12. The van der Waals surface area contributed by atoms with Crippen molar-refractivity contribution >= 4 is 22.9 Å². The Morgan fingerprint density at radius 2 is 1.57 bits per heavy atom. The molecule has 1 aromatic heterocycles. The minimum absolute atomic E-state index is 0.205. The number of amides is 1. The van der Waals surface area contributed by atoms with E-state index in [4.69, 9.17) is 0 Å². The van der Waals surface area contributed by atoms with Crippen molar-refractivity contribution in [3.05, 3.63) is 52.5 Å². The molecule has 28 heavy (non-hydrogen) atoms. The maximum absolute atomic E-state index is 13.1. The molecule has 0 aliphatic carbocycles. The standard InChI is InChI=1S/C21H27FN4OS/c22-18-3-5-19(6-4-18)25-11-7-24(8-12-25)17-21(27)26-13-9-23(10-14-26)16-20-2-1-15-28-20/h1-6,15H,7-14,16-17H2. The van der Waals surface area contributed by atoms with Crippen molar-refractivity contribution in [3.8, 4) is 0 Å². The topological polar surface area (TPSA) is 30.0 Å². The zero-order chi connectivity index (χ0) is 19.3. The van der Waals surface area contributed by atoms with E-state index in [9.17, 15) is 9.18 Å². The van der Waals surface area contributed by atoms with Gasteiger partial charge in [-0.25, -0.2) is 4.39 Å². The van der Waals surface area contributed by atoms with E-state index in [0.717, 1.165) is 64.6 Å². The van der Waals surface area contributed by atoms with E-state index in [2.05, 4.69) is 32.2 Å². The molecule has 1 amide bonds. The first-order chi connectivity index (χ1) is 13.7. The molecule has 1 aromatic carbocycles. The highest BCUT2D eigenvalue weighted by Crippen LogP contribution is 2.17. The van der Waals surface area contributed by atoms with Crippen LogP contribution in [0.1, 0.15) is 4.88 Å². The molecule has 0 atom stereocenters. The average molecular weight is 403 g/mol. The van der Waals surface area contributed by atoms with Gasteiger partial charge >= 0.3 is 0 Å². The summed E-state index contributed by atoms with van der Waals surface area (Å²) in [5.74, 6) is 0.0366. The number of thiophene rings is 1. The molecule has 2 aliphatic rings. The van der Waals surface area contributed by atoms with Crippen LogP contribution < -0.4 is 4.90 Å². The molecule has 2 saturated heterocycles. The first-order valence-electron chi connectivity index (χ1n) is 9.93. The van der Waals surface area contributed by atoms with Crippen LogP contribution in [0.4, 0.5) is 10.1 Å². The number of carbonyl (C=O) groups is 1. The second-order valence-corrected chi connectivity index (χ2v) is 8.51. The summed E-state index contributed by atoms with van der Waals surface area (Å²) in [6, 6.07) is 10.9. The SMILES string of the molecule is O=C(CN1CCN(c2ccc(F)cc2)CC1)N1CCN(Cc2cccs2)CC1. The molecule has 2 aromatic rings. The van der Waals surface area contributed by atoms with Crippen LogP contribution in [0.5, 0.6) is 0 Å².